The number of rotatable bonds is 10. The fourth-order valence-corrected chi connectivity index (χ4v) is 9.34. The summed E-state index contributed by atoms with van der Waals surface area (Å²) in [5, 5.41) is 7.92. The highest BCUT2D eigenvalue weighted by Gasteiger charge is 2.52. The Kier molecular flexibility index (Phi) is 9.44. The summed E-state index contributed by atoms with van der Waals surface area (Å²) >= 11 is 0. The average molecular weight is 827 g/mol. The third-order valence-corrected chi connectivity index (χ3v) is 12.0. The summed E-state index contributed by atoms with van der Waals surface area (Å²) in [5.41, 5.74) is 12.3. The quantitative estimate of drug-likeness (QED) is 0.130. The van der Waals surface area contributed by atoms with E-state index in [1.807, 2.05) is 100 Å². The first-order valence-corrected chi connectivity index (χ1v) is 20.7. The maximum Gasteiger partial charge on any atom is 0.256 e. The predicted octanol–water partition coefficient (Wildman–Crippen LogP) is 10.8. The first-order chi connectivity index (χ1) is 30.5. The van der Waals surface area contributed by atoms with Crippen molar-refractivity contribution in [1.29, 1.82) is 0 Å². The molecule has 0 saturated carbocycles. The van der Waals surface area contributed by atoms with E-state index < -0.39 is 5.41 Å². The van der Waals surface area contributed by atoms with Gasteiger partial charge < -0.3 is 20.1 Å². The van der Waals surface area contributed by atoms with E-state index in [0.717, 1.165) is 77.8 Å². The normalized spacial score (nSPS) is 12.6. The van der Waals surface area contributed by atoms with Crippen LogP contribution in [0.25, 0.3) is 44.3 Å². The van der Waals surface area contributed by atoms with Crippen molar-refractivity contribution < 1.29 is 19.1 Å². The van der Waals surface area contributed by atoms with Gasteiger partial charge in [-0.2, -0.15) is 0 Å². The number of hydrogen-bond acceptors (Lipinski definition) is 8. The van der Waals surface area contributed by atoms with E-state index in [0.29, 0.717) is 58.8 Å². The third kappa shape index (κ3) is 6.50. The summed E-state index contributed by atoms with van der Waals surface area (Å²) in [6.45, 7) is 16.3. The Morgan fingerprint density at radius 1 is 0.524 bits per heavy atom. The van der Waals surface area contributed by atoms with Crippen LogP contribution < -0.4 is 20.1 Å². The predicted molar refractivity (Wildman–Crippen MR) is 248 cm³/mol. The number of aryl methyl sites for hydroxylation is 4. The van der Waals surface area contributed by atoms with Crippen LogP contribution >= 0.6 is 0 Å². The van der Waals surface area contributed by atoms with Gasteiger partial charge in [-0.1, -0.05) is 49.6 Å². The van der Waals surface area contributed by atoms with E-state index in [1.165, 1.54) is 0 Å². The minimum Gasteiger partial charge on any atom is -0.490 e. The number of ether oxygens (including phenoxy) is 2. The molecular weight excluding hydrogens is 785 g/mol. The zero-order valence-electron chi connectivity index (χ0n) is 35.3. The standard InChI is InChI=1S/C53H42N6O4/c1-7-21-62-35-11-15-41-39-13-9-33(51(60)58-47-19-17-37-29(3)23-31(5)54-49(37)56-47)25-43(39)53(45(41)27-35)44-26-34(10-14-40(44)42-16-12-36(28-46(42)53)63-22-8-2)52(61)59-48-20-18-38-30(4)24-32(6)55-50(38)57-48/h7-20,23-28H,1-2,21-22H2,3-6H3,(H,54,56,58,60)(H,55,57,59,61). The van der Waals surface area contributed by atoms with Crippen LogP contribution in [0.1, 0.15) is 65.5 Å². The molecule has 0 fully saturated rings. The van der Waals surface area contributed by atoms with Gasteiger partial charge in [0.25, 0.3) is 11.8 Å². The van der Waals surface area contributed by atoms with Gasteiger partial charge in [0.05, 0.1) is 5.41 Å². The average Bonchev–Trinajstić information content (AvgIpc) is 3.72. The highest BCUT2D eigenvalue weighted by molar-refractivity contribution is 6.08. The van der Waals surface area contributed by atoms with Crippen molar-refractivity contribution in [1.82, 2.24) is 19.9 Å². The molecule has 0 aliphatic heterocycles. The molecule has 1 spiro atoms. The summed E-state index contributed by atoms with van der Waals surface area (Å²) < 4.78 is 12.4. The van der Waals surface area contributed by atoms with Crippen molar-refractivity contribution in [3.05, 3.63) is 190 Å². The van der Waals surface area contributed by atoms with E-state index in [9.17, 15) is 9.59 Å². The highest BCUT2D eigenvalue weighted by Crippen LogP contribution is 2.64. The number of aromatic nitrogens is 4. The van der Waals surface area contributed by atoms with Crippen LogP contribution in [0.2, 0.25) is 0 Å². The molecule has 0 saturated heterocycles. The van der Waals surface area contributed by atoms with Crippen molar-refractivity contribution in [2.24, 2.45) is 0 Å². The molecule has 10 rings (SSSR count). The number of hydrogen-bond donors (Lipinski definition) is 2. The Balaban J connectivity index is 1.14. The van der Waals surface area contributed by atoms with Gasteiger partial charge in [-0.3, -0.25) is 9.59 Å². The molecule has 2 amide bonds. The topological polar surface area (TPSA) is 128 Å². The minimum absolute atomic E-state index is 0.315. The summed E-state index contributed by atoms with van der Waals surface area (Å²) in [6, 6.07) is 35.2. The van der Waals surface area contributed by atoms with Gasteiger partial charge in [0, 0.05) is 33.3 Å². The second-order valence-electron chi connectivity index (χ2n) is 16.1. The lowest BCUT2D eigenvalue weighted by Gasteiger charge is -2.31. The number of anilines is 2. The maximum atomic E-state index is 14.3. The number of carbonyl (C=O) groups is 2. The minimum atomic E-state index is -1.01. The molecule has 2 aliphatic carbocycles. The zero-order valence-corrected chi connectivity index (χ0v) is 35.3. The molecule has 308 valence electrons. The van der Waals surface area contributed by atoms with E-state index in [4.69, 9.17) is 19.4 Å². The molecule has 0 bridgehead atoms. The number of amides is 2. The van der Waals surface area contributed by atoms with Crippen molar-refractivity contribution in [3.8, 4) is 33.8 Å². The van der Waals surface area contributed by atoms with E-state index in [1.54, 1.807) is 24.3 Å². The Hall–Kier alpha value is -7.98. The van der Waals surface area contributed by atoms with Crippen LogP contribution in [0.15, 0.2) is 135 Å². The van der Waals surface area contributed by atoms with E-state index >= 15 is 0 Å². The second kappa shape index (κ2) is 15.2. The molecule has 63 heavy (non-hydrogen) atoms. The first kappa shape index (κ1) is 39.2. The van der Waals surface area contributed by atoms with Crippen molar-refractivity contribution in [3.63, 3.8) is 0 Å². The zero-order chi connectivity index (χ0) is 43.6. The van der Waals surface area contributed by atoms with Crippen molar-refractivity contribution >= 4 is 45.5 Å². The fourth-order valence-electron chi connectivity index (χ4n) is 9.34. The molecule has 2 aliphatic rings. The van der Waals surface area contributed by atoms with Crippen molar-refractivity contribution in [2.45, 2.75) is 33.1 Å². The molecule has 10 nitrogen and oxygen atoms in total. The lowest BCUT2D eigenvalue weighted by molar-refractivity contribution is 0.101. The SMILES string of the molecule is C=CCOc1ccc2c(c1)C1(c3cc(OCC=C)ccc3-c3ccc(C(=O)Nc4ccc5c(C)cc(C)nc5n4)cc31)c1cc(C(=O)Nc3ccc4c(C)cc(C)nc4n3)ccc1-2. The Morgan fingerprint density at radius 2 is 0.921 bits per heavy atom. The van der Waals surface area contributed by atoms with Crippen LogP contribution in [0.4, 0.5) is 11.6 Å². The number of fused-ring (bicyclic) bond motifs is 12. The number of pyridine rings is 4. The summed E-state index contributed by atoms with van der Waals surface area (Å²) in [7, 11) is 0. The Morgan fingerprint density at radius 3 is 1.33 bits per heavy atom. The molecule has 0 atom stereocenters. The smallest absolute Gasteiger partial charge is 0.256 e. The van der Waals surface area contributed by atoms with Crippen LogP contribution in [0.3, 0.4) is 0 Å². The lowest BCUT2D eigenvalue weighted by Crippen LogP contribution is -2.27. The molecule has 10 heteroatoms. The number of benzene rings is 4. The lowest BCUT2D eigenvalue weighted by atomic mass is 9.70. The largest absolute Gasteiger partial charge is 0.490 e. The van der Waals surface area contributed by atoms with Crippen molar-refractivity contribution in [2.75, 3.05) is 23.8 Å². The third-order valence-electron chi connectivity index (χ3n) is 12.0. The summed E-state index contributed by atoms with van der Waals surface area (Å²) in [4.78, 5) is 47.3. The number of nitrogens with one attached hydrogen (secondary N) is 2. The van der Waals surface area contributed by atoms with Gasteiger partial charge in [0.15, 0.2) is 11.3 Å². The van der Waals surface area contributed by atoms with Gasteiger partial charge >= 0.3 is 0 Å². The Bertz CT molecular complexity index is 3060. The van der Waals surface area contributed by atoms with E-state index in [2.05, 4.69) is 58.0 Å². The molecule has 4 heterocycles. The molecular formula is C53H42N6O4. The molecule has 8 aromatic rings. The number of nitrogens with zero attached hydrogens (tertiary/aromatic N) is 4. The van der Waals surface area contributed by atoms with Gasteiger partial charge in [0.2, 0.25) is 0 Å². The van der Waals surface area contributed by atoms with Crippen LogP contribution in [-0.2, 0) is 5.41 Å². The molecule has 0 unspecified atom stereocenters. The number of carbonyl (C=O) groups excluding carboxylic acids is 2. The first-order valence-electron chi connectivity index (χ1n) is 20.7. The molecule has 4 aromatic heterocycles. The summed E-state index contributed by atoms with van der Waals surface area (Å²) in [5.74, 6) is 1.45. The van der Waals surface area contributed by atoms with Crippen LogP contribution in [0.5, 0.6) is 11.5 Å². The monoisotopic (exact) mass is 826 g/mol. The molecule has 2 N–H and O–H groups in total. The molecule has 4 aromatic carbocycles. The highest BCUT2D eigenvalue weighted by atomic mass is 16.5. The Labute approximate surface area is 364 Å². The van der Waals surface area contributed by atoms with Crippen LogP contribution in [0, 0.1) is 27.7 Å². The fraction of sp³-hybridized carbons (Fsp3) is 0.132. The van der Waals surface area contributed by atoms with Gasteiger partial charge in [-0.05, 0) is 168 Å². The van der Waals surface area contributed by atoms with Gasteiger partial charge in [-0.25, -0.2) is 19.9 Å². The second-order valence-corrected chi connectivity index (χ2v) is 16.1. The van der Waals surface area contributed by atoms with Crippen LogP contribution in [-0.4, -0.2) is 45.0 Å². The summed E-state index contributed by atoms with van der Waals surface area (Å²) in [6.07, 6.45) is 3.42. The maximum absolute atomic E-state index is 14.3. The van der Waals surface area contributed by atoms with E-state index in [-0.39, 0.29) is 11.8 Å². The molecule has 0 radical (unpaired) electrons. The van der Waals surface area contributed by atoms with Gasteiger partial charge in [0.1, 0.15) is 36.3 Å². The van der Waals surface area contributed by atoms with Gasteiger partial charge in [-0.15, -0.1) is 0 Å².